The summed E-state index contributed by atoms with van der Waals surface area (Å²) in [5, 5.41) is 17.0. The van der Waals surface area contributed by atoms with Crippen LogP contribution in [0, 0.1) is 13.8 Å². The second-order valence-corrected chi connectivity index (χ2v) is 6.95. The molecule has 0 aliphatic rings. The molecule has 0 aliphatic carbocycles. The van der Waals surface area contributed by atoms with Crippen LogP contribution < -0.4 is 10.6 Å². The van der Waals surface area contributed by atoms with Gasteiger partial charge in [0.1, 0.15) is 11.5 Å². The highest BCUT2D eigenvalue weighted by atomic mass is 16.3. The van der Waals surface area contributed by atoms with Crippen LogP contribution >= 0.6 is 0 Å². The fraction of sp³-hybridized carbons (Fsp3) is 0.273. The van der Waals surface area contributed by atoms with Crippen LogP contribution in [0.4, 0.5) is 11.4 Å². The van der Waals surface area contributed by atoms with Gasteiger partial charge in [-0.1, -0.05) is 6.07 Å². The van der Waals surface area contributed by atoms with E-state index in [9.17, 15) is 5.11 Å². The van der Waals surface area contributed by atoms with E-state index >= 15 is 0 Å². The molecule has 1 heterocycles. The number of phenolic OH excluding ortho intramolecular Hbond substituents is 1. The molecular formula is C22H26N2O2. The Morgan fingerprint density at radius 2 is 1.81 bits per heavy atom. The molecule has 2 aromatic carbocycles. The zero-order chi connectivity index (χ0) is 18.7. The van der Waals surface area contributed by atoms with E-state index in [1.54, 1.807) is 6.26 Å². The first-order chi connectivity index (χ1) is 12.4. The molecule has 0 aliphatic heterocycles. The molecule has 26 heavy (non-hydrogen) atoms. The lowest BCUT2D eigenvalue weighted by atomic mass is 9.96. The Bertz CT molecular complexity index is 883. The number of rotatable bonds is 6. The quantitative estimate of drug-likeness (QED) is 0.533. The molecule has 3 N–H and O–H groups in total. The van der Waals surface area contributed by atoms with Crippen molar-refractivity contribution in [3.05, 3.63) is 65.6 Å². The van der Waals surface area contributed by atoms with Crippen molar-refractivity contribution >= 4 is 11.4 Å². The van der Waals surface area contributed by atoms with Gasteiger partial charge in [-0.2, -0.15) is 0 Å². The van der Waals surface area contributed by atoms with Crippen LogP contribution in [0.15, 0.2) is 53.1 Å². The third-order valence-electron chi connectivity index (χ3n) is 4.35. The van der Waals surface area contributed by atoms with E-state index in [1.165, 1.54) is 5.56 Å². The van der Waals surface area contributed by atoms with E-state index in [0.29, 0.717) is 12.3 Å². The number of hydrogen-bond acceptors (Lipinski definition) is 4. The number of phenols is 1. The molecule has 0 fully saturated rings. The predicted molar refractivity (Wildman–Crippen MR) is 108 cm³/mol. The average Bonchev–Trinajstić information content (AvgIpc) is 3.10. The maximum absolute atomic E-state index is 10.1. The first-order valence-corrected chi connectivity index (χ1v) is 8.91. The van der Waals surface area contributed by atoms with E-state index < -0.39 is 0 Å². The molecule has 4 nitrogen and oxygen atoms in total. The minimum atomic E-state index is 0.274. The summed E-state index contributed by atoms with van der Waals surface area (Å²) in [7, 11) is 0. The van der Waals surface area contributed by atoms with Gasteiger partial charge in [0.05, 0.1) is 12.8 Å². The van der Waals surface area contributed by atoms with Crippen molar-refractivity contribution in [2.75, 3.05) is 10.6 Å². The molecule has 1 aromatic heterocycles. The third-order valence-corrected chi connectivity index (χ3v) is 4.35. The van der Waals surface area contributed by atoms with Crippen LogP contribution in [0.3, 0.4) is 0 Å². The van der Waals surface area contributed by atoms with Gasteiger partial charge in [-0.15, -0.1) is 0 Å². The van der Waals surface area contributed by atoms with Gasteiger partial charge in [-0.3, -0.25) is 0 Å². The Morgan fingerprint density at radius 3 is 2.50 bits per heavy atom. The fourth-order valence-corrected chi connectivity index (χ4v) is 2.97. The molecule has 0 saturated heterocycles. The van der Waals surface area contributed by atoms with Gasteiger partial charge in [0.25, 0.3) is 0 Å². The summed E-state index contributed by atoms with van der Waals surface area (Å²) in [4.78, 5) is 0. The van der Waals surface area contributed by atoms with Crippen molar-refractivity contribution in [3.63, 3.8) is 0 Å². The molecule has 0 saturated carbocycles. The summed E-state index contributed by atoms with van der Waals surface area (Å²) < 4.78 is 5.39. The lowest BCUT2D eigenvalue weighted by Gasteiger charge is -2.19. The Hall–Kier alpha value is -2.88. The molecule has 0 bridgehead atoms. The Kier molecular flexibility index (Phi) is 5.21. The summed E-state index contributed by atoms with van der Waals surface area (Å²) in [6.45, 7) is 8.85. The van der Waals surface area contributed by atoms with E-state index in [2.05, 4.69) is 49.6 Å². The van der Waals surface area contributed by atoms with Crippen molar-refractivity contribution in [1.29, 1.82) is 0 Å². The van der Waals surface area contributed by atoms with Crippen molar-refractivity contribution in [2.24, 2.45) is 0 Å². The van der Waals surface area contributed by atoms with Crippen molar-refractivity contribution in [3.8, 4) is 16.9 Å². The zero-order valence-electron chi connectivity index (χ0n) is 15.8. The van der Waals surface area contributed by atoms with Gasteiger partial charge < -0.3 is 20.2 Å². The Balaban J connectivity index is 1.97. The van der Waals surface area contributed by atoms with Crippen LogP contribution in [0.5, 0.6) is 5.75 Å². The smallest absolute Gasteiger partial charge is 0.122 e. The number of nitrogens with one attached hydrogen (secondary N) is 2. The van der Waals surface area contributed by atoms with E-state index in [1.807, 2.05) is 31.2 Å². The standard InChI is InChI=1S/C22H26N2O2/c1-14(2)24-21-12-22(25)16(4)10-20(21)19-11-17(8-7-15(19)3)23-13-18-6-5-9-26-18/h5-12,14,23-25H,13H2,1-4H3. The maximum Gasteiger partial charge on any atom is 0.122 e. The molecular weight excluding hydrogens is 324 g/mol. The van der Waals surface area contributed by atoms with Gasteiger partial charge in [0.15, 0.2) is 0 Å². The van der Waals surface area contributed by atoms with Gasteiger partial charge in [0.2, 0.25) is 0 Å². The van der Waals surface area contributed by atoms with E-state index in [4.69, 9.17) is 4.42 Å². The number of furan rings is 1. The van der Waals surface area contributed by atoms with Crippen LogP contribution in [0.1, 0.15) is 30.7 Å². The highest BCUT2D eigenvalue weighted by Crippen LogP contribution is 2.37. The average molecular weight is 350 g/mol. The van der Waals surface area contributed by atoms with Crippen LogP contribution in [0.2, 0.25) is 0 Å². The summed E-state index contributed by atoms with van der Waals surface area (Å²) in [5.41, 5.74) is 6.25. The lowest BCUT2D eigenvalue weighted by molar-refractivity contribution is 0.471. The Morgan fingerprint density at radius 1 is 1.00 bits per heavy atom. The summed E-state index contributed by atoms with van der Waals surface area (Å²) >= 11 is 0. The normalized spacial score (nSPS) is 11.0. The number of aryl methyl sites for hydroxylation is 2. The molecule has 136 valence electrons. The van der Waals surface area contributed by atoms with Gasteiger partial charge in [-0.05, 0) is 74.7 Å². The van der Waals surface area contributed by atoms with Crippen molar-refractivity contribution in [2.45, 2.75) is 40.3 Å². The lowest BCUT2D eigenvalue weighted by Crippen LogP contribution is -2.11. The summed E-state index contributed by atoms with van der Waals surface area (Å²) in [5.74, 6) is 1.21. The summed E-state index contributed by atoms with van der Waals surface area (Å²) in [6, 6.07) is 14.3. The molecule has 3 aromatic rings. The molecule has 0 spiro atoms. The largest absolute Gasteiger partial charge is 0.508 e. The highest BCUT2D eigenvalue weighted by molar-refractivity contribution is 5.83. The Labute approximate surface area is 154 Å². The van der Waals surface area contributed by atoms with Crippen LogP contribution in [-0.4, -0.2) is 11.1 Å². The number of benzene rings is 2. The van der Waals surface area contributed by atoms with Crippen molar-refractivity contribution in [1.82, 2.24) is 0 Å². The van der Waals surface area contributed by atoms with E-state index in [0.717, 1.165) is 33.8 Å². The number of aromatic hydroxyl groups is 1. The van der Waals surface area contributed by atoms with E-state index in [-0.39, 0.29) is 6.04 Å². The second kappa shape index (κ2) is 7.56. The zero-order valence-corrected chi connectivity index (χ0v) is 15.8. The topological polar surface area (TPSA) is 57.4 Å². The van der Waals surface area contributed by atoms with Crippen LogP contribution in [-0.2, 0) is 6.54 Å². The predicted octanol–water partition coefficient (Wildman–Crippen LogP) is 5.70. The van der Waals surface area contributed by atoms with Gasteiger partial charge in [0, 0.05) is 29.0 Å². The van der Waals surface area contributed by atoms with Crippen molar-refractivity contribution < 1.29 is 9.52 Å². The highest BCUT2D eigenvalue weighted by Gasteiger charge is 2.13. The molecule has 0 unspecified atom stereocenters. The molecule has 3 rings (SSSR count). The molecule has 0 amide bonds. The monoisotopic (exact) mass is 350 g/mol. The molecule has 4 heteroatoms. The first-order valence-electron chi connectivity index (χ1n) is 8.91. The minimum Gasteiger partial charge on any atom is -0.508 e. The van der Waals surface area contributed by atoms with Gasteiger partial charge >= 0.3 is 0 Å². The second-order valence-electron chi connectivity index (χ2n) is 6.95. The number of anilines is 2. The molecule has 0 atom stereocenters. The van der Waals surface area contributed by atoms with Crippen LogP contribution in [0.25, 0.3) is 11.1 Å². The first kappa shape index (κ1) is 17.9. The summed E-state index contributed by atoms with van der Waals surface area (Å²) in [6.07, 6.45) is 1.68. The maximum atomic E-state index is 10.1. The molecule has 0 radical (unpaired) electrons. The number of hydrogen-bond donors (Lipinski definition) is 3. The minimum absolute atomic E-state index is 0.274. The SMILES string of the molecule is Cc1cc(-c2cc(NCc3ccco3)ccc2C)c(NC(C)C)cc1O. The third kappa shape index (κ3) is 4.02. The fourth-order valence-electron chi connectivity index (χ4n) is 2.97. The van der Waals surface area contributed by atoms with Gasteiger partial charge in [-0.25, -0.2) is 0 Å².